The minimum atomic E-state index is -0.292. The van der Waals surface area contributed by atoms with Crippen LogP contribution < -0.4 is 10.6 Å². The Kier molecular flexibility index (Phi) is 4.51. The molecule has 4 nitrogen and oxygen atoms in total. The zero-order valence-electron chi connectivity index (χ0n) is 12.1. The van der Waals surface area contributed by atoms with E-state index in [-0.39, 0.29) is 11.7 Å². The standard InChI is InChI=1S/C16H22FN3O/c17-12-3-5-13(6-4-12)19-16(21)11-20(15-7-8-15)10-14-2-1-9-18-14/h3-6,14-15,18H,1-2,7-11H2,(H,19,21). The van der Waals surface area contributed by atoms with Gasteiger partial charge in [0.2, 0.25) is 5.91 Å². The fraction of sp³-hybridized carbons (Fsp3) is 0.562. The van der Waals surface area contributed by atoms with Gasteiger partial charge in [0.15, 0.2) is 0 Å². The molecular weight excluding hydrogens is 269 g/mol. The summed E-state index contributed by atoms with van der Waals surface area (Å²) < 4.78 is 12.8. The Morgan fingerprint density at radius 1 is 1.29 bits per heavy atom. The zero-order chi connectivity index (χ0) is 14.7. The Morgan fingerprint density at radius 2 is 2.05 bits per heavy atom. The van der Waals surface area contributed by atoms with Crippen molar-refractivity contribution in [3.63, 3.8) is 0 Å². The van der Waals surface area contributed by atoms with Crippen molar-refractivity contribution in [3.8, 4) is 0 Å². The number of hydrogen-bond donors (Lipinski definition) is 2. The number of amides is 1. The van der Waals surface area contributed by atoms with E-state index in [1.807, 2.05) is 0 Å². The molecule has 1 aliphatic carbocycles. The lowest BCUT2D eigenvalue weighted by molar-refractivity contribution is -0.117. The second-order valence-electron chi connectivity index (χ2n) is 6.01. The second-order valence-corrected chi connectivity index (χ2v) is 6.01. The maximum atomic E-state index is 12.8. The molecule has 1 saturated carbocycles. The number of nitrogens with one attached hydrogen (secondary N) is 2. The first-order valence-corrected chi connectivity index (χ1v) is 7.73. The molecule has 1 aromatic rings. The van der Waals surface area contributed by atoms with E-state index in [2.05, 4.69) is 15.5 Å². The number of rotatable bonds is 6. The first-order valence-electron chi connectivity index (χ1n) is 7.73. The van der Waals surface area contributed by atoms with E-state index in [0.29, 0.717) is 24.3 Å². The third-order valence-electron chi connectivity index (χ3n) is 4.16. The summed E-state index contributed by atoms with van der Waals surface area (Å²) in [7, 11) is 0. The molecular formula is C16H22FN3O. The van der Waals surface area contributed by atoms with Crippen LogP contribution in [0.25, 0.3) is 0 Å². The van der Waals surface area contributed by atoms with Gasteiger partial charge in [0.05, 0.1) is 6.54 Å². The molecule has 1 unspecified atom stereocenters. The van der Waals surface area contributed by atoms with E-state index in [4.69, 9.17) is 0 Å². The highest BCUT2D eigenvalue weighted by atomic mass is 19.1. The summed E-state index contributed by atoms with van der Waals surface area (Å²) in [5.41, 5.74) is 0.649. The van der Waals surface area contributed by atoms with Crippen LogP contribution in [0.2, 0.25) is 0 Å². The second kappa shape index (κ2) is 6.54. The average molecular weight is 291 g/mol. The highest BCUT2D eigenvalue weighted by Gasteiger charge is 2.32. The summed E-state index contributed by atoms with van der Waals surface area (Å²) in [4.78, 5) is 14.4. The van der Waals surface area contributed by atoms with Gasteiger partial charge < -0.3 is 10.6 Å². The quantitative estimate of drug-likeness (QED) is 0.842. The molecule has 114 valence electrons. The Balaban J connectivity index is 1.52. The topological polar surface area (TPSA) is 44.4 Å². The molecule has 1 aromatic carbocycles. The van der Waals surface area contributed by atoms with Crippen LogP contribution in [-0.2, 0) is 4.79 Å². The van der Waals surface area contributed by atoms with Gasteiger partial charge in [-0.3, -0.25) is 9.69 Å². The Bertz CT molecular complexity index is 481. The van der Waals surface area contributed by atoms with Crippen molar-refractivity contribution in [3.05, 3.63) is 30.1 Å². The van der Waals surface area contributed by atoms with Crippen molar-refractivity contribution >= 4 is 11.6 Å². The highest BCUT2D eigenvalue weighted by molar-refractivity contribution is 5.92. The normalized spacial score (nSPS) is 21.7. The van der Waals surface area contributed by atoms with Gasteiger partial charge in [0.1, 0.15) is 5.82 Å². The minimum absolute atomic E-state index is 0.0218. The van der Waals surface area contributed by atoms with Crippen molar-refractivity contribution < 1.29 is 9.18 Å². The number of hydrogen-bond acceptors (Lipinski definition) is 3. The molecule has 1 saturated heterocycles. The summed E-state index contributed by atoms with van der Waals surface area (Å²) >= 11 is 0. The fourth-order valence-corrected chi connectivity index (χ4v) is 2.90. The molecule has 2 N–H and O–H groups in total. The number of benzene rings is 1. The van der Waals surface area contributed by atoms with Crippen LogP contribution in [0.1, 0.15) is 25.7 Å². The molecule has 1 atom stereocenters. The molecule has 0 bridgehead atoms. The number of carbonyl (C=O) groups is 1. The van der Waals surface area contributed by atoms with Crippen LogP contribution in [0.3, 0.4) is 0 Å². The molecule has 1 heterocycles. The summed E-state index contributed by atoms with van der Waals surface area (Å²) in [6.45, 7) is 2.45. The van der Waals surface area contributed by atoms with E-state index in [1.54, 1.807) is 12.1 Å². The zero-order valence-corrected chi connectivity index (χ0v) is 12.1. The van der Waals surface area contributed by atoms with Gasteiger partial charge in [-0.2, -0.15) is 0 Å². The summed E-state index contributed by atoms with van der Waals surface area (Å²) in [6, 6.07) is 6.98. The van der Waals surface area contributed by atoms with Crippen molar-refractivity contribution in [2.75, 3.05) is 25.0 Å². The third-order valence-corrected chi connectivity index (χ3v) is 4.16. The van der Waals surface area contributed by atoms with Crippen molar-refractivity contribution in [2.24, 2.45) is 0 Å². The lowest BCUT2D eigenvalue weighted by Gasteiger charge is -2.24. The van der Waals surface area contributed by atoms with E-state index in [9.17, 15) is 9.18 Å². The lowest BCUT2D eigenvalue weighted by Crippen LogP contribution is -2.42. The molecule has 5 heteroatoms. The third kappa shape index (κ3) is 4.25. The fourth-order valence-electron chi connectivity index (χ4n) is 2.90. The molecule has 3 rings (SSSR count). The monoisotopic (exact) mass is 291 g/mol. The maximum absolute atomic E-state index is 12.8. The van der Waals surface area contributed by atoms with Gasteiger partial charge in [-0.05, 0) is 56.5 Å². The Labute approximate surface area is 124 Å². The number of halogens is 1. The SMILES string of the molecule is O=C(CN(CC1CCCN1)C1CC1)Nc1ccc(F)cc1. The first-order chi connectivity index (χ1) is 10.2. The van der Waals surface area contributed by atoms with Gasteiger partial charge in [0.25, 0.3) is 0 Å². The summed E-state index contributed by atoms with van der Waals surface area (Å²) in [5, 5.41) is 6.32. The van der Waals surface area contributed by atoms with Gasteiger partial charge in [-0.25, -0.2) is 4.39 Å². The van der Waals surface area contributed by atoms with Crippen molar-refractivity contribution in [2.45, 2.75) is 37.8 Å². The van der Waals surface area contributed by atoms with Crippen LogP contribution in [0.4, 0.5) is 10.1 Å². The Hall–Kier alpha value is -1.46. The van der Waals surface area contributed by atoms with Crippen LogP contribution in [0.15, 0.2) is 24.3 Å². The molecule has 0 aromatic heterocycles. The van der Waals surface area contributed by atoms with Crippen LogP contribution in [0.5, 0.6) is 0 Å². The summed E-state index contributed by atoms with van der Waals surface area (Å²) in [5.74, 6) is -0.314. The number of anilines is 1. The molecule has 1 amide bonds. The smallest absolute Gasteiger partial charge is 0.238 e. The van der Waals surface area contributed by atoms with E-state index < -0.39 is 0 Å². The predicted molar refractivity (Wildman–Crippen MR) is 80.6 cm³/mol. The summed E-state index contributed by atoms with van der Waals surface area (Å²) in [6.07, 6.45) is 4.81. The molecule has 0 radical (unpaired) electrons. The van der Waals surface area contributed by atoms with E-state index in [0.717, 1.165) is 13.1 Å². The Morgan fingerprint density at radius 3 is 2.67 bits per heavy atom. The molecule has 0 spiro atoms. The van der Waals surface area contributed by atoms with Crippen LogP contribution in [0, 0.1) is 5.82 Å². The number of nitrogens with zero attached hydrogens (tertiary/aromatic N) is 1. The van der Waals surface area contributed by atoms with E-state index >= 15 is 0 Å². The molecule has 21 heavy (non-hydrogen) atoms. The van der Waals surface area contributed by atoms with Gasteiger partial charge in [-0.15, -0.1) is 0 Å². The number of carbonyl (C=O) groups excluding carboxylic acids is 1. The van der Waals surface area contributed by atoms with Crippen LogP contribution >= 0.6 is 0 Å². The minimum Gasteiger partial charge on any atom is -0.325 e. The molecule has 2 aliphatic rings. The van der Waals surface area contributed by atoms with Crippen molar-refractivity contribution in [1.82, 2.24) is 10.2 Å². The maximum Gasteiger partial charge on any atom is 0.238 e. The largest absolute Gasteiger partial charge is 0.325 e. The van der Waals surface area contributed by atoms with Gasteiger partial charge >= 0.3 is 0 Å². The highest BCUT2D eigenvalue weighted by Crippen LogP contribution is 2.27. The van der Waals surface area contributed by atoms with Gasteiger partial charge in [0, 0.05) is 24.3 Å². The van der Waals surface area contributed by atoms with E-state index in [1.165, 1.54) is 37.8 Å². The van der Waals surface area contributed by atoms with Crippen LogP contribution in [-0.4, -0.2) is 42.5 Å². The van der Waals surface area contributed by atoms with Gasteiger partial charge in [-0.1, -0.05) is 0 Å². The molecule has 1 aliphatic heterocycles. The lowest BCUT2D eigenvalue weighted by atomic mass is 10.2. The first kappa shape index (κ1) is 14.5. The van der Waals surface area contributed by atoms with Crippen molar-refractivity contribution in [1.29, 1.82) is 0 Å². The average Bonchev–Trinajstić information content (AvgIpc) is 3.19. The molecule has 2 fully saturated rings. The predicted octanol–water partition coefficient (Wildman–Crippen LogP) is 1.98.